The predicted molar refractivity (Wildman–Crippen MR) is 80.0 cm³/mol. The van der Waals surface area contributed by atoms with E-state index in [1.54, 1.807) is 12.3 Å². The van der Waals surface area contributed by atoms with Crippen molar-refractivity contribution in [3.05, 3.63) is 70.7 Å². The Morgan fingerprint density at radius 1 is 1.14 bits per heavy atom. The number of hydrogen-bond donors (Lipinski definition) is 1. The molecule has 0 aliphatic rings. The van der Waals surface area contributed by atoms with Gasteiger partial charge in [0.15, 0.2) is 0 Å². The summed E-state index contributed by atoms with van der Waals surface area (Å²) in [7, 11) is 0. The molecule has 0 unspecified atom stereocenters. The number of hydrogen-bond acceptors (Lipinski definition) is 5. The maximum atomic E-state index is 11.0. The molecule has 0 saturated carbocycles. The highest BCUT2D eigenvalue weighted by Crippen LogP contribution is 2.23. The van der Waals surface area contributed by atoms with Crippen molar-refractivity contribution in [3.63, 3.8) is 0 Å². The summed E-state index contributed by atoms with van der Waals surface area (Å²) in [5, 5.41) is 15.1. The molecule has 21 heavy (non-hydrogen) atoms. The van der Waals surface area contributed by atoms with Crippen LogP contribution in [0.3, 0.4) is 0 Å². The van der Waals surface area contributed by atoms with Crippen molar-refractivity contribution in [2.24, 2.45) is 0 Å². The number of rotatable bonds is 4. The Kier molecular flexibility index (Phi) is 3.42. The van der Waals surface area contributed by atoms with E-state index in [0.29, 0.717) is 12.2 Å². The van der Waals surface area contributed by atoms with Gasteiger partial charge >= 0.3 is 5.69 Å². The summed E-state index contributed by atoms with van der Waals surface area (Å²) in [5.74, 6) is 0. The summed E-state index contributed by atoms with van der Waals surface area (Å²) in [6.45, 7) is 0.458. The summed E-state index contributed by atoms with van der Waals surface area (Å²) in [5.41, 5.74) is 2.29. The minimum atomic E-state index is -0.448. The second-order valence-electron chi connectivity index (χ2n) is 4.50. The highest BCUT2D eigenvalue weighted by atomic mass is 16.6. The van der Waals surface area contributed by atoms with Crippen LogP contribution in [0.4, 0.5) is 11.4 Å². The van der Waals surface area contributed by atoms with E-state index in [2.05, 4.69) is 15.3 Å². The Morgan fingerprint density at radius 2 is 2.00 bits per heavy atom. The number of fused-ring (bicyclic) bond motifs is 1. The van der Waals surface area contributed by atoms with E-state index in [1.807, 2.05) is 30.3 Å². The highest BCUT2D eigenvalue weighted by molar-refractivity contribution is 5.81. The molecule has 0 aliphatic heterocycles. The van der Waals surface area contributed by atoms with Gasteiger partial charge in [0.25, 0.3) is 0 Å². The van der Waals surface area contributed by atoms with Gasteiger partial charge in [0.2, 0.25) is 0 Å². The van der Waals surface area contributed by atoms with Crippen LogP contribution in [-0.4, -0.2) is 14.9 Å². The molecular weight excluding hydrogens is 268 g/mol. The van der Waals surface area contributed by atoms with E-state index >= 15 is 0 Å². The largest absolute Gasteiger partial charge is 0.375 e. The molecule has 0 radical (unpaired) electrons. The van der Waals surface area contributed by atoms with E-state index in [1.165, 1.54) is 12.4 Å². The fourth-order valence-electron chi connectivity index (χ4n) is 2.18. The van der Waals surface area contributed by atoms with Gasteiger partial charge in [-0.05, 0) is 17.7 Å². The molecule has 0 atom stereocenters. The molecule has 0 fully saturated rings. The van der Waals surface area contributed by atoms with E-state index in [4.69, 9.17) is 0 Å². The first-order valence-corrected chi connectivity index (χ1v) is 6.40. The number of aromatic nitrogens is 2. The van der Waals surface area contributed by atoms with Crippen molar-refractivity contribution in [2.75, 3.05) is 5.32 Å². The molecule has 6 heteroatoms. The average molecular weight is 280 g/mol. The first-order valence-electron chi connectivity index (χ1n) is 6.40. The quantitative estimate of drug-likeness (QED) is 0.586. The zero-order valence-electron chi connectivity index (χ0n) is 11.1. The SMILES string of the molecule is O=[N+]([O-])c1cnccc1NCc1cccc2cccnc12. The second kappa shape index (κ2) is 5.54. The van der Waals surface area contributed by atoms with Gasteiger partial charge in [0.1, 0.15) is 11.9 Å². The lowest BCUT2D eigenvalue weighted by Crippen LogP contribution is -2.03. The number of nitrogens with one attached hydrogen (secondary N) is 1. The molecule has 3 aromatic rings. The molecule has 104 valence electrons. The summed E-state index contributed by atoms with van der Waals surface area (Å²) in [6, 6.07) is 11.3. The molecule has 6 nitrogen and oxygen atoms in total. The zero-order valence-corrected chi connectivity index (χ0v) is 11.1. The Labute approximate surface area is 120 Å². The first-order chi connectivity index (χ1) is 10.3. The number of para-hydroxylation sites is 1. The van der Waals surface area contributed by atoms with Crippen LogP contribution in [0.1, 0.15) is 5.56 Å². The number of anilines is 1. The van der Waals surface area contributed by atoms with E-state index in [9.17, 15) is 10.1 Å². The van der Waals surface area contributed by atoms with Gasteiger partial charge in [-0.25, -0.2) is 0 Å². The van der Waals surface area contributed by atoms with Gasteiger partial charge in [-0.2, -0.15) is 0 Å². The van der Waals surface area contributed by atoms with Gasteiger partial charge in [-0.1, -0.05) is 24.3 Å². The minimum Gasteiger partial charge on any atom is -0.375 e. The third kappa shape index (κ3) is 2.64. The molecule has 1 aromatic carbocycles. The van der Waals surface area contributed by atoms with Crippen molar-refractivity contribution in [1.29, 1.82) is 0 Å². The molecular formula is C15H12N4O2. The summed E-state index contributed by atoms with van der Waals surface area (Å²) >= 11 is 0. The zero-order chi connectivity index (χ0) is 14.7. The number of nitro groups is 1. The monoisotopic (exact) mass is 280 g/mol. The second-order valence-corrected chi connectivity index (χ2v) is 4.50. The van der Waals surface area contributed by atoms with Gasteiger partial charge in [0.05, 0.1) is 10.4 Å². The third-order valence-corrected chi connectivity index (χ3v) is 3.18. The van der Waals surface area contributed by atoms with Crippen LogP contribution in [0.5, 0.6) is 0 Å². The normalized spacial score (nSPS) is 10.5. The average Bonchev–Trinajstić information content (AvgIpc) is 2.53. The van der Waals surface area contributed by atoms with E-state index in [-0.39, 0.29) is 5.69 Å². The first kappa shape index (κ1) is 13.0. The van der Waals surface area contributed by atoms with Crippen LogP contribution in [-0.2, 0) is 6.54 Å². The molecule has 0 aliphatic carbocycles. The Balaban J connectivity index is 1.89. The molecule has 0 saturated heterocycles. The molecule has 2 aromatic heterocycles. The van der Waals surface area contributed by atoms with Crippen LogP contribution >= 0.6 is 0 Å². The van der Waals surface area contributed by atoms with Crippen molar-refractivity contribution >= 4 is 22.3 Å². The van der Waals surface area contributed by atoms with Crippen LogP contribution in [0.2, 0.25) is 0 Å². The predicted octanol–water partition coefficient (Wildman–Crippen LogP) is 3.15. The topological polar surface area (TPSA) is 81.0 Å². The van der Waals surface area contributed by atoms with Crippen molar-refractivity contribution in [1.82, 2.24) is 9.97 Å². The van der Waals surface area contributed by atoms with E-state index in [0.717, 1.165) is 16.5 Å². The van der Waals surface area contributed by atoms with Gasteiger partial charge in [-0.15, -0.1) is 0 Å². The summed E-state index contributed by atoms with van der Waals surface area (Å²) in [6.07, 6.45) is 4.50. The fraction of sp³-hybridized carbons (Fsp3) is 0.0667. The number of benzene rings is 1. The molecule has 1 N–H and O–H groups in total. The van der Waals surface area contributed by atoms with Gasteiger partial charge < -0.3 is 5.32 Å². The number of pyridine rings is 2. The van der Waals surface area contributed by atoms with Gasteiger partial charge in [-0.3, -0.25) is 20.1 Å². The summed E-state index contributed by atoms with van der Waals surface area (Å²) in [4.78, 5) is 18.7. The fourth-order valence-corrected chi connectivity index (χ4v) is 2.18. The molecule has 2 heterocycles. The minimum absolute atomic E-state index is 0.0364. The van der Waals surface area contributed by atoms with Gasteiger partial charge in [0, 0.05) is 24.3 Å². The Hall–Kier alpha value is -3.02. The molecule has 0 spiro atoms. The van der Waals surface area contributed by atoms with Crippen LogP contribution in [0.25, 0.3) is 10.9 Å². The van der Waals surface area contributed by atoms with Crippen LogP contribution in [0, 0.1) is 10.1 Å². The van der Waals surface area contributed by atoms with Crippen LogP contribution < -0.4 is 5.32 Å². The smallest absolute Gasteiger partial charge is 0.310 e. The lowest BCUT2D eigenvalue weighted by atomic mass is 10.1. The maximum absolute atomic E-state index is 11.0. The molecule has 0 amide bonds. The lowest BCUT2D eigenvalue weighted by Gasteiger charge is -2.08. The standard InChI is InChI=1S/C15H12N4O2/c20-19(21)14-10-16-8-6-13(14)18-9-12-4-1-3-11-5-2-7-17-15(11)12/h1-8,10H,9H2,(H,16,18). The summed E-state index contributed by atoms with van der Waals surface area (Å²) < 4.78 is 0. The Bertz CT molecular complexity index is 799. The van der Waals surface area contributed by atoms with E-state index < -0.39 is 4.92 Å². The van der Waals surface area contributed by atoms with Crippen LogP contribution in [0.15, 0.2) is 55.0 Å². The van der Waals surface area contributed by atoms with Crippen molar-refractivity contribution < 1.29 is 4.92 Å². The van der Waals surface area contributed by atoms with Crippen molar-refractivity contribution in [2.45, 2.75) is 6.54 Å². The lowest BCUT2D eigenvalue weighted by molar-refractivity contribution is -0.384. The number of nitrogens with zero attached hydrogens (tertiary/aromatic N) is 3. The molecule has 3 rings (SSSR count). The van der Waals surface area contributed by atoms with Crippen molar-refractivity contribution in [3.8, 4) is 0 Å². The maximum Gasteiger partial charge on any atom is 0.310 e. The molecule has 0 bridgehead atoms. The Morgan fingerprint density at radius 3 is 2.86 bits per heavy atom. The highest BCUT2D eigenvalue weighted by Gasteiger charge is 2.13. The third-order valence-electron chi connectivity index (χ3n) is 3.18.